The fraction of sp³-hybridized carbons (Fsp3) is 0.290. The third-order valence-corrected chi connectivity index (χ3v) is 6.72. The van der Waals surface area contributed by atoms with Gasteiger partial charge in [-0.25, -0.2) is 4.39 Å². The minimum absolute atomic E-state index is 0.0470. The summed E-state index contributed by atoms with van der Waals surface area (Å²) in [5.41, 5.74) is 4.32. The molecule has 2 amide bonds. The highest BCUT2D eigenvalue weighted by Gasteiger charge is 2.35. The average Bonchev–Trinajstić information content (AvgIpc) is 3.24. The maximum Gasteiger partial charge on any atom is 0.309 e. The third-order valence-electron chi connectivity index (χ3n) is 6.72. The van der Waals surface area contributed by atoms with Gasteiger partial charge in [-0.3, -0.25) is 19.4 Å². The standard InChI is InChI=1S/C31H33FN4O4/c1-20(37)36(17-5-16-35(2)3)25-13-11-24(12-14-25)33-30(22-8-6-21(7-9-22)18-28(38)40-4)29-26-15-10-23(32)19-27(26)34-31(29)39/h6-15,19,29H,5,16-18H2,1-4H3,(H,34,39). The Hall–Kier alpha value is -4.37. The Kier molecular flexibility index (Phi) is 9.06. The molecule has 1 aliphatic heterocycles. The maximum atomic E-state index is 13.9. The number of rotatable bonds is 10. The number of aliphatic imine (C=N–C) groups is 1. The summed E-state index contributed by atoms with van der Waals surface area (Å²) in [5, 5.41) is 2.76. The first-order chi connectivity index (χ1) is 19.2. The predicted octanol–water partition coefficient (Wildman–Crippen LogP) is 4.70. The normalized spacial score (nSPS) is 14.6. The van der Waals surface area contributed by atoms with Gasteiger partial charge in [0, 0.05) is 24.8 Å². The fourth-order valence-electron chi connectivity index (χ4n) is 4.69. The van der Waals surface area contributed by atoms with E-state index in [1.807, 2.05) is 38.4 Å². The van der Waals surface area contributed by atoms with E-state index in [-0.39, 0.29) is 24.2 Å². The van der Waals surface area contributed by atoms with Crippen LogP contribution in [0.1, 0.15) is 36.0 Å². The van der Waals surface area contributed by atoms with Gasteiger partial charge >= 0.3 is 5.97 Å². The Morgan fingerprint density at radius 1 is 1.00 bits per heavy atom. The number of methoxy groups -OCH3 is 1. The summed E-state index contributed by atoms with van der Waals surface area (Å²) in [4.78, 5) is 45.9. The predicted molar refractivity (Wildman–Crippen MR) is 154 cm³/mol. The van der Waals surface area contributed by atoms with Crippen LogP contribution in [0.3, 0.4) is 0 Å². The van der Waals surface area contributed by atoms with Crippen LogP contribution >= 0.6 is 0 Å². The topological polar surface area (TPSA) is 91.3 Å². The molecular weight excluding hydrogens is 511 g/mol. The van der Waals surface area contributed by atoms with E-state index >= 15 is 0 Å². The van der Waals surface area contributed by atoms with Gasteiger partial charge in [0.05, 0.1) is 24.9 Å². The number of amides is 2. The molecule has 9 heteroatoms. The molecule has 3 aromatic rings. The summed E-state index contributed by atoms with van der Waals surface area (Å²) in [5.74, 6) is -1.91. The number of hydrogen-bond donors (Lipinski definition) is 1. The zero-order valence-electron chi connectivity index (χ0n) is 23.1. The van der Waals surface area contributed by atoms with E-state index in [9.17, 15) is 18.8 Å². The monoisotopic (exact) mass is 544 g/mol. The molecule has 40 heavy (non-hydrogen) atoms. The number of carbonyl (C=O) groups is 3. The van der Waals surface area contributed by atoms with E-state index in [4.69, 9.17) is 9.73 Å². The number of carbonyl (C=O) groups excluding carboxylic acids is 3. The van der Waals surface area contributed by atoms with Gasteiger partial charge < -0.3 is 19.9 Å². The first-order valence-electron chi connectivity index (χ1n) is 13.0. The number of hydrogen-bond acceptors (Lipinski definition) is 6. The van der Waals surface area contributed by atoms with E-state index < -0.39 is 11.7 Å². The van der Waals surface area contributed by atoms with Crippen LogP contribution in [-0.2, 0) is 25.5 Å². The summed E-state index contributed by atoms with van der Waals surface area (Å²) < 4.78 is 18.6. The van der Waals surface area contributed by atoms with Gasteiger partial charge in [-0.1, -0.05) is 30.3 Å². The molecule has 0 saturated carbocycles. The quantitative estimate of drug-likeness (QED) is 0.295. The molecule has 1 N–H and O–H groups in total. The Bertz CT molecular complexity index is 1420. The van der Waals surface area contributed by atoms with Crippen molar-refractivity contribution in [1.29, 1.82) is 0 Å². The fourth-order valence-corrected chi connectivity index (χ4v) is 4.69. The van der Waals surface area contributed by atoms with Crippen LogP contribution in [0.2, 0.25) is 0 Å². The van der Waals surface area contributed by atoms with E-state index in [1.54, 1.807) is 42.2 Å². The largest absolute Gasteiger partial charge is 0.469 e. The summed E-state index contributed by atoms with van der Waals surface area (Å²) >= 11 is 0. The van der Waals surface area contributed by atoms with Crippen molar-refractivity contribution >= 4 is 40.6 Å². The number of fused-ring (bicyclic) bond motifs is 1. The van der Waals surface area contributed by atoms with Gasteiger partial charge in [-0.05, 0) is 80.1 Å². The summed E-state index contributed by atoms with van der Waals surface area (Å²) in [6.45, 7) is 3.00. The van der Waals surface area contributed by atoms with E-state index in [1.165, 1.54) is 19.2 Å². The molecular formula is C31H33FN4O4. The lowest BCUT2D eigenvalue weighted by Crippen LogP contribution is -2.31. The molecule has 3 aromatic carbocycles. The molecule has 1 aliphatic rings. The Morgan fingerprint density at radius 3 is 2.33 bits per heavy atom. The molecule has 208 valence electrons. The first-order valence-corrected chi connectivity index (χ1v) is 13.0. The maximum absolute atomic E-state index is 13.9. The number of anilines is 2. The van der Waals surface area contributed by atoms with Crippen LogP contribution in [0.5, 0.6) is 0 Å². The van der Waals surface area contributed by atoms with E-state index in [0.29, 0.717) is 34.8 Å². The lowest BCUT2D eigenvalue weighted by atomic mass is 9.90. The molecule has 0 saturated heterocycles. The second-order valence-corrected chi connectivity index (χ2v) is 9.94. The van der Waals surface area contributed by atoms with Crippen LogP contribution in [0, 0.1) is 5.82 Å². The second kappa shape index (κ2) is 12.7. The SMILES string of the molecule is COC(=O)Cc1ccc(C(=Nc2ccc(N(CCCN(C)C)C(C)=O)cc2)C2C(=O)Nc3cc(F)ccc32)cc1. The Morgan fingerprint density at radius 2 is 1.70 bits per heavy atom. The van der Waals surface area contributed by atoms with Crippen molar-refractivity contribution in [2.24, 2.45) is 4.99 Å². The lowest BCUT2D eigenvalue weighted by molar-refractivity contribution is -0.139. The second-order valence-electron chi connectivity index (χ2n) is 9.94. The summed E-state index contributed by atoms with van der Waals surface area (Å²) in [7, 11) is 5.33. The van der Waals surface area contributed by atoms with Crippen molar-refractivity contribution in [3.8, 4) is 0 Å². The van der Waals surface area contributed by atoms with Gasteiger partial charge in [-0.15, -0.1) is 0 Å². The highest BCUT2D eigenvalue weighted by Crippen LogP contribution is 2.37. The molecule has 1 atom stereocenters. The number of benzene rings is 3. The van der Waals surface area contributed by atoms with Crippen LogP contribution in [0.15, 0.2) is 71.7 Å². The van der Waals surface area contributed by atoms with Crippen LogP contribution < -0.4 is 10.2 Å². The van der Waals surface area contributed by atoms with Crippen molar-refractivity contribution in [2.45, 2.75) is 25.7 Å². The molecule has 4 rings (SSSR count). The Balaban J connectivity index is 1.70. The van der Waals surface area contributed by atoms with Crippen LogP contribution in [-0.4, -0.2) is 62.7 Å². The molecule has 0 fully saturated rings. The van der Waals surface area contributed by atoms with E-state index in [2.05, 4.69) is 10.2 Å². The molecule has 8 nitrogen and oxygen atoms in total. The number of nitrogens with zero attached hydrogens (tertiary/aromatic N) is 3. The molecule has 0 aliphatic carbocycles. The summed E-state index contributed by atoms with van der Waals surface area (Å²) in [6.07, 6.45) is 0.956. The highest BCUT2D eigenvalue weighted by molar-refractivity contribution is 6.24. The van der Waals surface area contributed by atoms with Crippen LogP contribution in [0.25, 0.3) is 0 Å². The molecule has 1 unspecified atom stereocenters. The number of ether oxygens (including phenoxy) is 1. The molecule has 0 radical (unpaired) electrons. The molecule has 0 aromatic heterocycles. The average molecular weight is 545 g/mol. The minimum atomic E-state index is -0.763. The van der Waals surface area contributed by atoms with Crippen LogP contribution in [0.4, 0.5) is 21.5 Å². The Labute approximate surface area is 233 Å². The first kappa shape index (κ1) is 28.6. The molecule has 1 heterocycles. The van der Waals surface area contributed by atoms with Crippen molar-refractivity contribution in [3.63, 3.8) is 0 Å². The highest BCUT2D eigenvalue weighted by atomic mass is 19.1. The third kappa shape index (κ3) is 6.79. The minimum Gasteiger partial charge on any atom is -0.469 e. The van der Waals surface area contributed by atoms with Crippen molar-refractivity contribution in [1.82, 2.24) is 4.90 Å². The number of esters is 1. The molecule has 0 spiro atoms. The van der Waals surface area contributed by atoms with Gasteiger partial charge in [0.1, 0.15) is 11.7 Å². The number of halogens is 1. The number of nitrogens with one attached hydrogen (secondary N) is 1. The van der Waals surface area contributed by atoms with Crippen molar-refractivity contribution < 1.29 is 23.5 Å². The van der Waals surface area contributed by atoms with E-state index in [0.717, 1.165) is 24.2 Å². The smallest absolute Gasteiger partial charge is 0.309 e. The zero-order valence-corrected chi connectivity index (χ0v) is 23.1. The van der Waals surface area contributed by atoms with Gasteiger partial charge in [-0.2, -0.15) is 0 Å². The van der Waals surface area contributed by atoms with Crippen molar-refractivity contribution in [3.05, 3.63) is 89.2 Å². The van der Waals surface area contributed by atoms with Gasteiger partial charge in [0.2, 0.25) is 11.8 Å². The lowest BCUT2D eigenvalue weighted by Gasteiger charge is -2.22. The van der Waals surface area contributed by atoms with Gasteiger partial charge in [0.15, 0.2) is 0 Å². The molecule has 0 bridgehead atoms. The van der Waals surface area contributed by atoms with Gasteiger partial charge in [0.25, 0.3) is 0 Å². The summed E-state index contributed by atoms with van der Waals surface area (Å²) in [6, 6.07) is 18.7. The zero-order chi connectivity index (χ0) is 28.8. The van der Waals surface area contributed by atoms with Crippen molar-refractivity contribution in [2.75, 3.05) is 44.5 Å².